The summed E-state index contributed by atoms with van der Waals surface area (Å²) in [5.74, 6) is 1.59. The van der Waals surface area contributed by atoms with E-state index in [2.05, 4.69) is 55.3 Å². The summed E-state index contributed by atoms with van der Waals surface area (Å²) in [7, 11) is 0. The summed E-state index contributed by atoms with van der Waals surface area (Å²) < 4.78 is 0. The zero-order valence-electron chi connectivity index (χ0n) is 13.4. The molecule has 1 aromatic rings. The Morgan fingerprint density at radius 1 is 1.25 bits per heavy atom. The van der Waals surface area contributed by atoms with Crippen LogP contribution in [0.1, 0.15) is 38.3 Å². The van der Waals surface area contributed by atoms with E-state index in [9.17, 15) is 0 Å². The van der Waals surface area contributed by atoms with Crippen LogP contribution in [-0.4, -0.2) is 31.1 Å². The number of hydrogen-bond acceptors (Lipinski definition) is 2. The molecule has 1 heterocycles. The van der Waals surface area contributed by atoms with Crippen LogP contribution in [-0.2, 0) is 13.0 Å². The molecule has 1 aliphatic heterocycles. The Morgan fingerprint density at radius 2 is 2.00 bits per heavy atom. The number of likely N-dealkylation sites (tertiary alicyclic amines) is 1. The molecule has 0 bridgehead atoms. The first-order chi connectivity index (χ1) is 9.69. The van der Waals surface area contributed by atoms with Crippen LogP contribution in [0.15, 0.2) is 24.3 Å². The Balaban J connectivity index is 1.78. The van der Waals surface area contributed by atoms with Crippen molar-refractivity contribution in [1.82, 2.24) is 10.2 Å². The van der Waals surface area contributed by atoms with Gasteiger partial charge in [-0.1, -0.05) is 45.0 Å². The first-order valence-corrected chi connectivity index (χ1v) is 8.19. The third kappa shape index (κ3) is 4.60. The summed E-state index contributed by atoms with van der Waals surface area (Å²) in [5.41, 5.74) is 3.03. The molecule has 1 aliphatic rings. The van der Waals surface area contributed by atoms with Crippen LogP contribution in [0.25, 0.3) is 0 Å². The second-order valence-corrected chi connectivity index (χ2v) is 6.56. The van der Waals surface area contributed by atoms with Crippen molar-refractivity contribution in [3.63, 3.8) is 0 Å². The summed E-state index contributed by atoms with van der Waals surface area (Å²) >= 11 is 0. The van der Waals surface area contributed by atoms with E-state index < -0.39 is 0 Å². The van der Waals surface area contributed by atoms with E-state index in [4.69, 9.17) is 0 Å². The number of rotatable bonds is 7. The fourth-order valence-corrected chi connectivity index (χ4v) is 3.10. The predicted octanol–water partition coefficient (Wildman–Crippen LogP) is 3.32. The molecule has 1 unspecified atom stereocenters. The van der Waals surface area contributed by atoms with Gasteiger partial charge in [-0.3, -0.25) is 4.90 Å². The molecule has 0 radical (unpaired) electrons. The Kier molecular flexibility index (Phi) is 6.06. The van der Waals surface area contributed by atoms with Gasteiger partial charge in [-0.2, -0.15) is 0 Å². The third-order valence-corrected chi connectivity index (χ3v) is 4.25. The molecule has 2 nitrogen and oxygen atoms in total. The SMILES string of the molecule is CCc1ccccc1CN1CCC(CNCC(C)C)C1. The van der Waals surface area contributed by atoms with Crippen LogP contribution in [0.3, 0.4) is 0 Å². The average molecular weight is 274 g/mol. The molecule has 0 amide bonds. The average Bonchev–Trinajstić information content (AvgIpc) is 2.86. The van der Waals surface area contributed by atoms with E-state index >= 15 is 0 Å². The molecule has 1 N–H and O–H groups in total. The second kappa shape index (κ2) is 7.80. The van der Waals surface area contributed by atoms with E-state index in [1.54, 1.807) is 0 Å². The molecule has 0 aromatic heterocycles. The number of hydrogen-bond donors (Lipinski definition) is 1. The summed E-state index contributed by atoms with van der Waals surface area (Å²) in [6.45, 7) is 12.8. The Bertz CT molecular complexity index is 400. The topological polar surface area (TPSA) is 15.3 Å². The zero-order chi connectivity index (χ0) is 14.4. The first kappa shape index (κ1) is 15.5. The lowest BCUT2D eigenvalue weighted by atomic mass is 10.1. The molecule has 2 heteroatoms. The maximum atomic E-state index is 3.61. The lowest BCUT2D eigenvalue weighted by molar-refractivity contribution is 0.312. The second-order valence-electron chi connectivity index (χ2n) is 6.56. The standard InChI is InChI=1S/C18H30N2/c1-4-17-7-5-6-8-18(17)14-20-10-9-16(13-20)12-19-11-15(2)3/h5-8,15-16,19H,4,9-14H2,1-3H3. The van der Waals surface area contributed by atoms with E-state index in [0.29, 0.717) is 0 Å². The highest BCUT2D eigenvalue weighted by molar-refractivity contribution is 5.27. The van der Waals surface area contributed by atoms with Crippen LogP contribution in [0.5, 0.6) is 0 Å². The molecule has 1 fully saturated rings. The predicted molar refractivity (Wildman–Crippen MR) is 86.9 cm³/mol. The normalized spacial score (nSPS) is 19.9. The maximum absolute atomic E-state index is 3.61. The van der Waals surface area contributed by atoms with Crippen molar-refractivity contribution in [1.29, 1.82) is 0 Å². The monoisotopic (exact) mass is 274 g/mol. The van der Waals surface area contributed by atoms with Crippen LogP contribution in [0, 0.1) is 11.8 Å². The molecule has 0 spiro atoms. The number of nitrogens with one attached hydrogen (secondary N) is 1. The quantitative estimate of drug-likeness (QED) is 0.820. The van der Waals surface area contributed by atoms with Gasteiger partial charge in [0.1, 0.15) is 0 Å². The van der Waals surface area contributed by atoms with Gasteiger partial charge >= 0.3 is 0 Å². The lowest BCUT2D eigenvalue weighted by Crippen LogP contribution is -2.28. The highest BCUT2D eigenvalue weighted by Crippen LogP contribution is 2.20. The van der Waals surface area contributed by atoms with Gasteiger partial charge in [0.25, 0.3) is 0 Å². The van der Waals surface area contributed by atoms with Crippen LogP contribution in [0.2, 0.25) is 0 Å². The minimum atomic E-state index is 0.754. The zero-order valence-corrected chi connectivity index (χ0v) is 13.4. The summed E-state index contributed by atoms with van der Waals surface area (Å²) in [6.07, 6.45) is 2.49. The van der Waals surface area contributed by atoms with E-state index in [1.807, 2.05) is 0 Å². The Hall–Kier alpha value is -0.860. The molecule has 1 atom stereocenters. The molecule has 20 heavy (non-hydrogen) atoms. The minimum Gasteiger partial charge on any atom is -0.316 e. The summed E-state index contributed by atoms with van der Waals surface area (Å²) in [4.78, 5) is 2.62. The summed E-state index contributed by atoms with van der Waals surface area (Å²) in [5, 5.41) is 3.61. The number of nitrogens with zero attached hydrogens (tertiary/aromatic N) is 1. The highest BCUT2D eigenvalue weighted by Gasteiger charge is 2.22. The van der Waals surface area contributed by atoms with Gasteiger partial charge in [0.05, 0.1) is 0 Å². The van der Waals surface area contributed by atoms with E-state index in [-0.39, 0.29) is 0 Å². The van der Waals surface area contributed by atoms with Crippen molar-refractivity contribution in [2.45, 2.75) is 40.2 Å². The molecule has 112 valence electrons. The Morgan fingerprint density at radius 3 is 2.70 bits per heavy atom. The van der Waals surface area contributed by atoms with Crippen LogP contribution >= 0.6 is 0 Å². The highest BCUT2D eigenvalue weighted by atomic mass is 15.1. The van der Waals surface area contributed by atoms with Crippen LogP contribution in [0.4, 0.5) is 0 Å². The van der Waals surface area contributed by atoms with Gasteiger partial charge in [-0.25, -0.2) is 0 Å². The van der Waals surface area contributed by atoms with Crippen LogP contribution < -0.4 is 5.32 Å². The van der Waals surface area contributed by atoms with Gasteiger partial charge in [0, 0.05) is 13.1 Å². The van der Waals surface area contributed by atoms with Crippen molar-refractivity contribution in [2.24, 2.45) is 11.8 Å². The maximum Gasteiger partial charge on any atom is 0.0236 e. The van der Waals surface area contributed by atoms with Crippen molar-refractivity contribution < 1.29 is 0 Å². The molecule has 0 aliphatic carbocycles. The van der Waals surface area contributed by atoms with Crippen molar-refractivity contribution >= 4 is 0 Å². The van der Waals surface area contributed by atoms with Gasteiger partial charge in [0.2, 0.25) is 0 Å². The number of benzene rings is 1. The fraction of sp³-hybridized carbons (Fsp3) is 0.667. The summed E-state index contributed by atoms with van der Waals surface area (Å²) in [6, 6.07) is 8.90. The molecule has 0 saturated carbocycles. The van der Waals surface area contributed by atoms with Crippen molar-refractivity contribution in [3.8, 4) is 0 Å². The van der Waals surface area contributed by atoms with Crippen molar-refractivity contribution in [3.05, 3.63) is 35.4 Å². The largest absolute Gasteiger partial charge is 0.316 e. The number of aryl methyl sites for hydroxylation is 1. The third-order valence-electron chi connectivity index (χ3n) is 4.25. The smallest absolute Gasteiger partial charge is 0.0236 e. The van der Waals surface area contributed by atoms with Gasteiger partial charge in [-0.05, 0) is 55.4 Å². The minimum absolute atomic E-state index is 0.754. The van der Waals surface area contributed by atoms with Gasteiger partial charge in [-0.15, -0.1) is 0 Å². The fourth-order valence-electron chi connectivity index (χ4n) is 3.10. The van der Waals surface area contributed by atoms with Gasteiger partial charge in [0.15, 0.2) is 0 Å². The molecular formula is C18H30N2. The molecule has 1 saturated heterocycles. The Labute approximate surface area is 124 Å². The molecule has 2 rings (SSSR count). The first-order valence-electron chi connectivity index (χ1n) is 8.19. The van der Waals surface area contributed by atoms with E-state index in [0.717, 1.165) is 31.3 Å². The molecule has 1 aromatic carbocycles. The van der Waals surface area contributed by atoms with E-state index in [1.165, 1.54) is 37.2 Å². The van der Waals surface area contributed by atoms with Crippen molar-refractivity contribution in [2.75, 3.05) is 26.2 Å². The van der Waals surface area contributed by atoms with Gasteiger partial charge < -0.3 is 5.32 Å². The lowest BCUT2D eigenvalue weighted by Gasteiger charge is -2.18. The molecular weight excluding hydrogens is 244 g/mol.